The largest absolute Gasteiger partial charge is 0.497 e. The summed E-state index contributed by atoms with van der Waals surface area (Å²) in [6.45, 7) is 5.78. The van der Waals surface area contributed by atoms with Crippen LogP contribution < -0.4 is 14.4 Å². The van der Waals surface area contributed by atoms with Crippen LogP contribution in [0.4, 0.5) is 5.82 Å². The van der Waals surface area contributed by atoms with Crippen LogP contribution >= 0.6 is 0 Å². The molecule has 9 heteroatoms. The predicted molar refractivity (Wildman–Crippen MR) is 133 cm³/mol. The molecule has 0 spiro atoms. The molecule has 9 nitrogen and oxygen atoms in total. The van der Waals surface area contributed by atoms with Gasteiger partial charge in [-0.3, -0.25) is 4.79 Å². The highest BCUT2D eigenvalue weighted by molar-refractivity contribution is 5.95. The van der Waals surface area contributed by atoms with Crippen LogP contribution in [0.15, 0.2) is 61.1 Å². The van der Waals surface area contributed by atoms with Crippen molar-refractivity contribution in [2.24, 2.45) is 0 Å². The molecule has 4 aromatic rings. The summed E-state index contributed by atoms with van der Waals surface area (Å²) in [5.74, 6) is 2.38. The zero-order valence-electron chi connectivity index (χ0n) is 19.9. The van der Waals surface area contributed by atoms with Crippen molar-refractivity contribution in [3.63, 3.8) is 0 Å². The Morgan fingerprint density at radius 2 is 1.80 bits per heavy atom. The molecule has 0 aliphatic carbocycles. The van der Waals surface area contributed by atoms with Gasteiger partial charge in [0.05, 0.1) is 31.8 Å². The fourth-order valence-electron chi connectivity index (χ4n) is 4.38. The number of ether oxygens (including phenoxy) is 2. The second-order valence-corrected chi connectivity index (χ2v) is 8.33. The number of nitrogens with zero attached hydrogens (tertiary/aromatic N) is 6. The average Bonchev–Trinajstić information content (AvgIpc) is 3.31. The molecule has 0 atom stereocenters. The van der Waals surface area contributed by atoms with Gasteiger partial charge in [0.15, 0.2) is 5.65 Å². The molecule has 1 fully saturated rings. The highest BCUT2D eigenvalue weighted by Gasteiger charge is 2.25. The van der Waals surface area contributed by atoms with Gasteiger partial charge in [-0.05, 0) is 42.8 Å². The summed E-state index contributed by atoms with van der Waals surface area (Å²) in [5, 5.41) is 5.49. The molecule has 180 valence electrons. The van der Waals surface area contributed by atoms with E-state index in [1.54, 1.807) is 19.5 Å². The van der Waals surface area contributed by atoms with Crippen molar-refractivity contribution in [2.45, 2.75) is 13.5 Å². The van der Waals surface area contributed by atoms with Crippen LogP contribution in [0.5, 0.6) is 11.5 Å². The van der Waals surface area contributed by atoms with Gasteiger partial charge < -0.3 is 19.3 Å². The lowest BCUT2D eigenvalue weighted by atomic mass is 10.1. The average molecular weight is 473 g/mol. The molecule has 0 radical (unpaired) electrons. The Balaban J connectivity index is 1.30. The molecule has 0 saturated carbocycles. The van der Waals surface area contributed by atoms with Gasteiger partial charge in [-0.2, -0.15) is 5.10 Å². The number of carbonyl (C=O) groups excluding carboxylic acids is 1. The highest BCUT2D eigenvalue weighted by Crippen LogP contribution is 2.25. The fourth-order valence-corrected chi connectivity index (χ4v) is 4.38. The summed E-state index contributed by atoms with van der Waals surface area (Å²) in [4.78, 5) is 26.1. The summed E-state index contributed by atoms with van der Waals surface area (Å²) in [6, 6.07) is 15.3. The number of carbonyl (C=O) groups is 1. The number of hydrogen-bond donors (Lipinski definition) is 0. The number of piperazine rings is 1. The van der Waals surface area contributed by atoms with Gasteiger partial charge in [-0.15, -0.1) is 0 Å². The van der Waals surface area contributed by atoms with Gasteiger partial charge in [0.1, 0.15) is 23.6 Å². The van der Waals surface area contributed by atoms with Crippen LogP contribution in [0.3, 0.4) is 0 Å². The maximum Gasteiger partial charge on any atom is 0.254 e. The van der Waals surface area contributed by atoms with Crippen molar-refractivity contribution in [1.82, 2.24) is 24.6 Å². The summed E-state index contributed by atoms with van der Waals surface area (Å²) in [6.07, 6.45) is 3.41. The van der Waals surface area contributed by atoms with Crippen molar-refractivity contribution in [3.8, 4) is 11.5 Å². The van der Waals surface area contributed by atoms with E-state index in [9.17, 15) is 4.79 Å². The normalized spacial score (nSPS) is 13.8. The third kappa shape index (κ3) is 4.75. The Hall–Kier alpha value is -4.14. The number of rotatable bonds is 7. The smallest absolute Gasteiger partial charge is 0.254 e. The van der Waals surface area contributed by atoms with E-state index in [1.165, 1.54) is 0 Å². The molecule has 1 amide bonds. The van der Waals surface area contributed by atoms with Crippen LogP contribution in [-0.4, -0.2) is 70.5 Å². The molecule has 1 aliphatic rings. The van der Waals surface area contributed by atoms with E-state index in [1.807, 2.05) is 59.1 Å². The Morgan fingerprint density at radius 3 is 2.60 bits per heavy atom. The maximum absolute atomic E-state index is 13.0. The molecule has 1 aliphatic heterocycles. The first-order valence-electron chi connectivity index (χ1n) is 11.7. The lowest BCUT2D eigenvalue weighted by molar-refractivity contribution is 0.0746. The molecule has 3 heterocycles. The summed E-state index contributed by atoms with van der Waals surface area (Å²) >= 11 is 0. The Bertz CT molecular complexity index is 1330. The zero-order valence-corrected chi connectivity index (χ0v) is 19.9. The minimum Gasteiger partial charge on any atom is -0.497 e. The number of benzene rings is 2. The minimum absolute atomic E-state index is 0.0125. The quantitative estimate of drug-likeness (QED) is 0.408. The van der Waals surface area contributed by atoms with E-state index in [0.29, 0.717) is 50.6 Å². The molecule has 0 N–H and O–H groups in total. The lowest BCUT2D eigenvalue weighted by Gasteiger charge is -2.35. The van der Waals surface area contributed by atoms with Crippen molar-refractivity contribution < 1.29 is 14.3 Å². The van der Waals surface area contributed by atoms with E-state index in [0.717, 1.165) is 28.2 Å². The third-order valence-electron chi connectivity index (χ3n) is 6.14. The molecular formula is C26H28N6O3. The first-order chi connectivity index (χ1) is 17.2. The lowest BCUT2D eigenvalue weighted by Crippen LogP contribution is -2.49. The van der Waals surface area contributed by atoms with Gasteiger partial charge in [-0.25, -0.2) is 14.6 Å². The van der Waals surface area contributed by atoms with E-state index < -0.39 is 0 Å². The van der Waals surface area contributed by atoms with Crippen molar-refractivity contribution in [2.75, 3.05) is 44.8 Å². The van der Waals surface area contributed by atoms with Crippen molar-refractivity contribution >= 4 is 22.8 Å². The van der Waals surface area contributed by atoms with Gasteiger partial charge in [-0.1, -0.05) is 18.2 Å². The van der Waals surface area contributed by atoms with Crippen LogP contribution in [-0.2, 0) is 6.54 Å². The highest BCUT2D eigenvalue weighted by atomic mass is 16.5. The van der Waals surface area contributed by atoms with Crippen molar-refractivity contribution in [1.29, 1.82) is 0 Å². The zero-order chi connectivity index (χ0) is 24.2. The van der Waals surface area contributed by atoms with E-state index in [-0.39, 0.29) is 5.91 Å². The Kier molecular flexibility index (Phi) is 6.47. The van der Waals surface area contributed by atoms with Crippen LogP contribution in [0.25, 0.3) is 11.0 Å². The van der Waals surface area contributed by atoms with Gasteiger partial charge in [0.25, 0.3) is 5.91 Å². The number of hydrogen-bond acceptors (Lipinski definition) is 7. The summed E-state index contributed by atoms with van der Waals surface area (Å²) < 4.78 is 12.8. The molecular weight excluding hydrogens is 444 g/mol. The van der Waals surface area contributed by atoms with Crippen molar-refractivity contribution in [3.05, 3.63) is 72.2 Å². The molecule has 2 aromatic heterocycles. The fraction of sp³-hybridized carbons (Fsp3) is 0.308. The third-order valence-corrected chi connectivity index (χ3v) is 6.14. The van der Waals surface area contributed by atoms with Crippen LogP contribution in [0.1, 0.15) is 22.8 Å². The molecule has 0 unspecified atom stereocenters. The second-order valence-electron chi connectivity index (χ2n) is 8.33. The number of methoxy groups -OCH3 is 1. The summed E-state index contributed by atoms with van der Waals surface area (Å²) in [5.41, 5.74) is 2.51. The predicted octanol–water partition coefficient (Wildman–Crippen LogP) is 3.24. The molecule has 1 saturated heterocycles. The number of fused-ring (bicyclic) bond motifs is 1. The SMILES string of the molecule is CCOc1cccc(Cn2ncc3c(N4CCN(C(=O)c5cccc(OC)c5)CC4)ncnc32)c1. The van der Waals surface area contributed by atoms with Gasteiger partial charge >= 0.3 is 0 Å². The standard InChI is InChI=1S/C26H28N6O3/c1-3-35-22-9-4-6-19(14-22)17-32-25-23(16-29-32)24(27-18-28-25)30-10-12-31(13-11-30)26(33)20-7-5-8-21(15-20)34-2/h4-9,14-16,18H,3,10-13,17H2,1-2H3. The first kappa shape index (κ1) is 22.6. The topological polar surface area (TPSA) is 85.6 Å². The van der Waals surface area contributed by atoms with Crippen LogP contribution in [0.2, 0.25) is 0 Å². The first-order valence-corrected chi connectivity index (χ1v) is 11.7. The number of amides is 1. The van der Waals surface area contributed by atoms with E-state index in [4.69, 9.17) is 9.47 Å². The Labute approximate surface area is 203 Å². The molecule has 0 bridgehead atoms. The maximum atomic E-state index is 13.0. The van der Waals surface area contributed by atoms with Crippen LogP contribution in [0, 0.1) is 0 Å². The minimum atomic E-state index is 0.0125. The molecule has 2 aromatic carbocycles. The number of anilines is 1. The van der Waals surface area contributed by atoms with Gasteiger partial charge in [0, 0.05) is 31.7 Å². The molecule has 5 rings (SSSR count). The Morgan fingerprint density at radius 1 is 1.00 bits per heavy atom. The van der Waals surface area contributed by atoms with E-state index >= 15 is 0 Å². The van der Waals surface area contributed by atoms with E-state index in [2.05, 4.69) is 26.0 Å². The summed E-state index contributed by atoms with van der Waals surface area (Å²) in [7, 11) is 1.60. The van der Waals surface area contributed by atoms with Gasteiger partial charge in [0.2, 0.25) is 0 Å². The molecule has 35 heavy (non-hydrogen) atoms. The number of aromatic nitrogens is 4. The monoisotopic (exact) mass is 472 g/mol. The second kappa shape index (κ2) is 10.0.